The number of rotatable bonds is 5. The Hall–Kier alpha value is -2.42. The van der Waals surface area contributed by atoms with E-state index in [1.807, 2.05) is 10.7 Å². The van der Waals surface area contributed by atoms with Crippen molar-refractivity contribution in [2.75, 3.05) is 0 Å². The standard InChI is InChI=1S/C19H21N3/c1-3-18-20-19(4-2)22(21-18)14-15-10-12-17(13-11-15)16-8-6-5-7-9-16/h5-13H,3-4,14H2,1-2H3. The van der Waals surface area contributed by atoms with E-state index in [0.717, 1.165) is 31.0 Å². The number of nitrogens with zero attached hydrogens (tertiary/aromatic N) is 3. The van der Waals surface area contributed by atoms with Crippen LogP contribution in [0, 0.1) is 0 Å². The smallest absolute Gasteiger partial charge is 0.150 e. The molecule has 0 amide bonds. The van der Waals surface area contributed by atoms with Crippen LogP contribution < -0.4 is 0 Å². The summed E-state index contributed by atoms with van der Waals surface area (Å²) in [5.74, 6) is 1.99. The molecule has 0 radical (unpaired) electrons. The topological polar surface area (TPSA) is 30.7 Å². The zero-order chi connectivity index (χ0) is 15.4. The van der Waals surface area contributed by atoms with Gasteiger partial charge in [0, 0.05) is 12.8 Å². The molecule has 3 aromatic rings. The van der Waals surface area contributed by atoms with E-state index < -0.39 is 0 Å². The van der Waals surface area contributed by atoms with Crippen molar-refractivity contribution in [1.82, 2.24) is 14.8 Å². The molecule has 2 aromatic carbocycles. The molecule has 0 aliphatic rings. The first-order valence-corrected chi connectivity index (χ1v) is 7.87. The minimum absolute atomic E-state index is 0.783. The largest absolute Gasteiger partial charge is 0.245 e. The number of aromatic nitrogens is 3. The molecule has 0 bridgehead atoms. The lowest BCUT2D eigenvalue weighted by atomic mass is 10.0. The van der Waals surface area contributed by atoms with E-state index in [9.17, 15) is 0 Å². The van der Waals surface area contributed by atoms with Gasteiger partial charge in [0.05, 0.1) is 6.54 Å². The van der Waals surface area contributed by atoms with Gasteiger partial charge >= 0.3 is 0 Å². The van der Waals surface area contributed by atoms with Crippen molar-refractivity contribution in [3.05, 3.63) is 71.8 Å². The Morgan fingerprint density at radius 3 is 2.14 bits per heavy atom. The fraction of sp³-hybridized carbons (Fsp3) is 0.263. The van der Waals surface area contributed by atoms with Crippen LogP contribution in [0.5, 0.6) is 0 Å². The van der Waals surface area contributed by atoms with Crippen molar-refractivity contribution in [2.45, 2.75) is 33.2 Å². The van der Waals surface area contributed by atoms with Gasteiger partial charge in [-0.1, -0.05) is 68.4 Å². The second kappa shape index (κ2) is 6.56. The predicted octanol–water partition coefficient (Wildman–Crippen LogP) is 4.12. The van der Waals surface area contributed by atoms with E-state index >= 15 is 0 Å². The quantitative estimate of drug-likeness (QED) is 0.708. The second-order valence-corrected chi connectivity index (χ2v) is 5.37. The number of hydrogen-bond acceptors (Lipinski definition) is 2. The molecule has 0 atom stereocenters. The molecule has 0 aliphatic carbocycles. The van der Waals surface area contributed by atoms with E-state index in [4.69, 9.17) is 0 Å². The summed E-state index contributed by atoms with van der Waals surface area (Å²) >= 11 is 0. The maximum atomic E-state index is 4.58. The Kier molecular flexibility index (Phi) is 4.33. The molecular weight excluding hydrogens is 270 g/mol. The minimum atomic E-state index is 0.783. The molecule has 0 saturated carbocycles. The third-order valence-electron chi connectivity index (χ3n) is 3.82. The third-order valence-corrected chi connectivity index (χ3v) is 3.82. The Morgan fingerprint density at radius 1 is 0.818 bits per heavy atom. The average molecular weight is 291 g/mol. The summed E-state index contributed by atoms with van der Waals surface area (Å²) in [6, 6.07) is 19.1. The van der Waals surface area contributed by atoms with Gasteiger partial charge in [0.1, 0.15) is 5.82 Å². The number of aryl methyl sites for hydroxylation is 2. The summed E-state index contributed by atoms with van der Waals surface area (Å²) in [6.45, 7) is 5.00. The van der Waals surface area contributed by atoms with Gasteiger partial charge in [-0.3, -0.25) is 0 Å². The van der Waals surface area contributed by atoms with E-state index in [-0.39, 0.29) is 0 Å². The van der Waals surface area contributed by atoms with Gasteiger partial charge in [-0.15, -0.1) is 0 Å². The maximum Gasteiger partial charge on any atom is 0.150 e. The molecule has 1 heterocycles. The monoisotopic (exact) mass is 291 g/mol. The second-order valence-electron chi connectivity index (χ2n) is 5.37. The highest BCUT2D eigenvalue weighted by molar-refractivity contribution is 5.63. The van der Waals surface area contributed by atoms with E-state index in [2.05, 4.69) is 72.5 Å². The van der Waals surface area contributed by atoms with Gasteiger partial charge in [0.15, 0.2) is 5.82 Å². The van der Waals surface area contributed by atoms with Crippen LogP contribution in [0.2, 0.25) is 0 Å². The van der Waals surface area contributed by atoms with E-state index in [0.29, 0.717) is 0 Å². The Bertz CT molecular complexity index is 727. The summed E-state index contributed by atoms with van der Waals surface area (Å²) in [5, 5.41) is 4.58. The molecule has 3 rings (SSSR count). The van der Waals surface area contributed by atoms with Gasteiger partial charge in [0.25, 0.3) is 0 Å². The molecule has 3 nitrogen and oxygen atoms in total. The van der Waals surface area contributed by atoms with Crippen LogP contribution in [0.1, 0.15) is 31.1 Å². The highest BCUT2D eigenvalue weighted by Crippen LogP contribution is 2.19. The molecule has 112 valence electrons. The minimum Gasteiger partial charge on any atom is -0.245 e. The average Bonchev–Trinajstić information content (AvgIpc) is 2.98. The van der Waals surface area contributed by atoms with Crippen LogP contribution in [0.4, 0.5) is 0 Å². The highest BCUT2D eigenvalue weighted by atomic mass is 15.3. The van der Waals surface area contributed by atoms with E-state index in [1.54, 1.807) is 0 Å². The molecule has 0 fully saturated rings. The lowest BCUT2D eigenvalue weighted by Gasteiger charge is -2.06. The maximum absolute atomic E-state index is 4.58. The van der Waals surface area contributed by atoms with Crippen molar-refractivity contribution in [2.24, 2.45) is 0 Å². The summed E-state index contributed by atoms with van der Waals surface area (Å²) in [6.07, 6.45) is 1.79. The van der Waals surface area contributed by atoms with Crippen molar-refractivity contribution in [3.63, 3.8) is 0 Å². The van der Waals surface area contributed by atoms with Crippen LogP contribution >= 0.6 is 0 Å². The Morgan fingerprint density at radius 2 is 1.50 bits per heavy atom. The molecule has 0 N–H and O–H groups in total. The van der Waals surface area contributed by atoms with Crippen LogP contribution in [0.3, 0.4) is 0 Å². The van der Waals surface area contributed by atoms with Gasteiger partial charge in [-0.2, -0.15) is 5.10 Å². The molecule has 1 aromatic heterocycles. The third kappa shape index (κ3) is 3.08. The van der Waals surface area contributed by atoms with E-state index in [1.165, 1.54) is 16.7 Å². The first kappa shape index (κ1) is 14.5. The van der Waals surface area contributed by atoms with Crippen molar-refractivity contribution in [3.8, 4) is 11.1 Å². The fourth-order valence-corrected chi connectivity index (χ4v) is 2.57. The molecule has 0 spiro atoms. The normalized spacial score (nSPS) is 10.8. The van der Waals surface area contributed by atoms with Crippen LogP contribution in [-0.4, -0.2) is 14.8 Å². The predicted molar refractivity (Wildman–Crippen MR) is 89.8 cm³/mol. The number of benzene rings is 2. The molecule has 22 heavy (non-hydrogen) atoms. The zero-order valence-corrected chi connectivity index (χ0v) is 13.2. The lowest BCUT2D eigenvalue weighted by molar-refractivity contribution is 0.637. The highest BCUT2D eigenvalue weighted by Gasteiger charge is 2.07. The molecule has 3 heteroatoms. The molecule has 0 saturated heterocycles. The molecule has 0 unspecified atom stereocenters. The Balaban J connectivity index is 1.80. The van der Waals surface area contributed by atoms with Crippen LogP contribution in [0.15, 0.2) is 54.6 Å². The molecule has 0 aliphatic heterocycles. The van der Waals surface area contributed by atoms with Gasteiger partial charge < -0.3 is 0 Å². The SMILES string of the molecule is CCc1nc(CC)n(Cc2ccc(-c3ccccc3)cc2)n1. The van der Waals surface area contributed by atoms with Crippen molar-refractivity contribution in [1.29, 1.82) is 0 Å². The van der Waals surface area contributed by atoms with Gasteiger partial charge in [0.2, 0.25) is 0 Å². The zero-order valence-electron chi connectivity index (χ0n) is 13.2. The van der Waals surface area contributed by atoms with Crippen molar-refractivity contribution >= 4 is 0 Å². The summed E-state index contributed by atoms with van der Waals surface area (Å²) in [5.41, 5.74) is 3.74. The first-order chi connectivity index (χ1) is 10.8. The van der Waals surface area contributed by atoms with Gasteiger partial charge in [-0.25, -0.2) is 9.67 Å². The fourth-order valence-electron chi connectivity index (χ4n) is 2.57. The lowest BCUT2D eigenvalue weighted by Crippen LogP contribution is -2.06. The first-order valence-electron chi connectivity index (χ1n) is 7.87. The number of hydrogen-bond donors (Lipinski definition) is 0. The summed E-state index contributed by atoms with van der Waals surface area (Å²) < 4.78 is 2.02. The summed E-state index contributed by atoms with van der Waals surface area (Å²) in [7, 11) is 0. The molecular formula is C19H21N3. The van der Waals surface area contributed by atoms with Crippen LogP contribution in [0.25, 0.3) is 11.1 Å². The van der Waals surface area contributed by atoms with Crippen molar-refractivity contribution < 1.29 is 0 Å². The summed E-state index contributed by atoms with van der Waals surface area (Å²) in [4.78, 5) is 4.56. The van der Waals surface area contributed by atoms with Gasteiger partial charge in [-0.05, 0) is 16.7 Å². The van der Waals surface area contributed by atoms with Crippen LogP contribution in [-0.2, 0) is 19.4 Å². The Labute approximate surface area is 131 Å².